The zero-order chi connectivity index (χ0) is 13.4. The van der Waals surface area contributed by atoms with E-state index >= 15 is 0 Å². The van der Waals surface area contributed by atoms with Gasteiger partial charge in [-0.25, -0.2) is 4.79 Å². The summed E-state index contributed by atoms with van der Waals surface area (Å²) < 4.78 is 5.47. The molecular weight excluding hydrogens is 230 g/mol. The van der Waals surface area contributed by atoms with Crippen molar-refractivity contribution in [3.63, 3.8) is 0 Å². The van der Waals surface area contributed by atoms with Gasteiger partial charge in [-0.2, -0.15) is 0 Å². The highest BCUT2D eigenvalue weighted by molar-refractivity contribution is 5.90. The minimum Gasteiger partial charge on any atom is -0.491 e. The maximum Gasteiger partial charge on any atom is 0.339 e. The third-order valence-electron chi connectivity index (χ3n) is 2.84. The molecule has 0 spiro atoms. The number of carboxylic acid groups (broad SMARTS) is 1. The van der Waals surface area contributed by atoms with E-state index in [1.54, 1.807) is 24.3 Å². The summed E-state index contributed by atoms with van der Waals surface area (Å²) in [6.45, 7) is 6.50. The number of carbonyl (C=O) groups is 1. The number of aromatic carboxylic acids is 1. The molecule has 0 saturated carbocycles. The SMILES string of the molecule is CCC(C)CNCCOc1ccccc1C(=O)O. The van der Waals surface area contributed by atoms with E-state index < -0.39 is 5.97 Å². The Morgan fingerprint density at radius 1 is 1.44 bits per heavy atom. The molecule has 1 unspecified atom stereocenters. The van der Waals surface area contributed by atoms with Crippen LogP contribution in [0.4, 0.5) is 0 Å². The fraction of sp³-hybridized carbons (Fsp3) is 0.500. The van der Waals surface area contributed by atoms with Gasteiger partial charge in [-0.3, -0.25) is 0 Å². The number of hydrogen-bond donors (Lipinski definition) is 2. The molecule has 1 aromatic carbocycles. The average Bonchev–Trinajstić information content (AvgIpc) is 2.38. The molecule has 18 heavy (non-hydrogen) atoms. The molecule has 0 saturated heterocycles. The predicted molar refractivity (Wildman–Crippen MR) is 71.2 cm³/mol. The third-order valence-corrected chi connectivity index (χ3v) is 2.84. The summed E-state index contributed by atoms with van der Waals surface area (Å²) in [6, 6.07) is 6.69. The molecule has 4 heteroatoms. The van der Waals surface area contributed by atoms with Crippen molar-refractivity contribution in [3.05, 3.63) is 29.8 Å². The van der Waals surface area contributed by atoms with Gasteiger partial charge in [-0.1, -0.05) is 32.4 Å². The number of hydrogen-bond acceptors (Lipinski definition) is 3. The Morgan fingerprint density at radius 3 is 2.83 bits per heavy atom. The number of benzene rings is 1. The van der Waals surface area contributed by atoms with Crippen molar-refractivity contribution in [2.75, 3.05) is 19.7 Å². The molecule has 0 radical (unpaired) electrons. The number of para-hydroxylation sites is 1. The van der Waals surface area contributed by atoms with Crippen LogP contribution in [0.15, 0.2) is 24.3 Å². The molecule has 1 aromatic rings. The minimum atomic E-state index is -0.960. The van der Waals surface area contributed by atoms with E-state index in [1.165, 1.54) is 0 Å². The lowest BCUT2D eigenvalue weighted by Gasteiger charge is -2.12. The predicted octanol–water partition coefficient (Wildman–Crippen LogP) is 2.40. The first-order chi connectivity index (χ1) is 8.65. The van der Waals surface area contributed by atoms with Crippen molar-refractivity contribution in [1.82, 2.24) is 5.32 Å². The summed E-state index contributed by atoms with van der Waals surface area (Å²) >= 11 is 0. The zero-order valence-electron chi connectivity index (χ0n) is 11.0. The van der Waals surface area contributed by atoms with E-state index in [0.29, 0.717) is 18.3 Å². The molecule has 2 N–H and O–H groups in total. The van der Waals surface area contributed by atoms with Crippen molar-refractivity contribution in [2.45, 2.75) is 20.3 Å². The molecule has 0 amide bonds. The summed E-state index contributed by atoms with van der Waals surface area (Å²) in [7, 11) is 0. The highest BCUT2D eigenvalue weighted by Crippen LogP contribution is 2.17. The summed E-state index contributed by atoms with van der Waals surface area (Å²) in [5.41, 5.74) is 0.208. The lowest BCUT2D eigenvalue weighted by Crippen LogP contribution is -2.26. The fourth-order valence-corrected chi connectivity index (χ4v) is 1.50. The Bertz CT molecular complexity index is 379. The summed E-state index contributed by atoms with van der Waals surface area (Å²) in [5, 5.41) is 12.3. The average molecular weight is 251 g/mol. The van der Waals surface area contributed by atoms with Crippen molar-refractivity contribution in [1.29, 1.82) is 0 Å². The molecule has 0 aliphatic rings. The minimum absolute atomic E-state index is 0.208. The first-order valence-electron chi connectivity index (χ1n) is 6.31. The van der Waals surface area contributed by atoms with Gasteiger partial charge in [0.15, 0.2) is 0 Å². The van der Waals surface area contributed by atoms with Crippen molar-refractivity contribution >= 4 is 5.97 Å². The Kier molecular flexibility index (Phi) is 6.22. The van der Waals surface area contributed by atoms with Crippen LogP contribution in [0.2, 0.25) is 0 Å². The summed E-state index contributed by atoms with van der Waals surface area (Å²) in [4.78, 5) is 10.9. The quantitative estimate of drug-likeness (QED) is 0.697. The number of ether oxygens (including phenoxy) is 1. The Hall–Kier alpha value is -1.55. The highest BCUT2D eigenvalue weighted by atomic mass is 16.5. The second-order valence-corrected chi connectivity index (χ2v) is 4.37. The zero-order valence-corrected chi connectivity index (χ0v) is 11.0. The normalized spacial score (nSPS) is 12.1. The van der Waals surface area contributed by atoms with Gasteiger partial charge in [0.05, 0.1) is 0 Å². The maximum absolute atomic E-state index is 10.9. The van der Waals surface area contributed by atoms with Gasteiger partial charge < -0.3 is 15.2 Å². The second-order valence-electron chi connectivity index (χ2n) is 4.37. The van der Waals surface area contributed by atoms with E-state index in [-0.39, 0.29) is 5.56 Å². The Balaban J connectivity index is 2.33. The first kappa shape index (κ1) is 14.5. The van der Waals surface area contributed by atoms with Crippen molar-refractivity contribution in [3.8, 4) is 5.75 Å². The number of carboxylic acids is 1. The van der Waals surface area contributed by atoms with E-state index in [1.807, 2.05) is 0 Å². The topological polar surface area (TPSA) is 58.6 Å². The van der Waals surface area contributed by atoms with Crippen molar-refractivity contribution in [2.24, 2.45) is 5.92 Å². The fourth-order valence-electron chi connectivity index (χ4n) is 1.50. The number of rotatable bonds is 8. The smallest absolute Gasteiger partial charge is 0.339 e. The monoisotopic (exact) mass is 251 g/mol. The molecule has 0 aliphatic carbocycles. The van der Waals surface area contributed by atoms with Crippen molar-refractivity contribution < 1.29 is 14.6 Å². The van der Waals surface area contributed by atoms with E-state index in [2.05, 4.69) is 19.2 Å². The standard InChI is InChI=1S/C14H21NO3/c1-3-11(2)10-15-8-9-18-13-7-5-4-6-12(13)14(16)17/h4-7,11,15H,3,8-10H2,1-2H3,(H,16,17). The van der Waals surface area contributed by atoms with E-state index in [9.17, 15) is 4.79 Å². The molecule has 0 heterocycles. The summed E-state index contributed by atoms with van der Waals surface area (Å²) in [6.07, 6.45) is 1.15. The molecule has 1 atom stereocenters. The van der Waals surface area contributed by atoms with Crippen LogP contribution in [-0.4, -0.2) is 30.8 Å². The van der Waals surface area contributed by atoms with E-state index in [4.69, 9.17) is 9.84 Å². The van der Waals surface area contributed by atoms with E-state index in [0.717, 1.165) is 19.5 Å². The first-order valence-corrected chi connectivity index (χ1v) is 6.31. The molecule has 0 fully saturated rings. The second kappa shape index (κ2) is 7.71. The molecule has 0 aliphatic heterocycles. The molecule has 0 aromatic heterocycles. The van der Waals surface area contributed by atoms with Crippen LogP contribution in [0.5, 0.6) is 5.75 Å². The van der Waals surface area contributed by atoms with Gasteiger partial charge in [-0.05, 0) is 24.6 Å². The lowest BCUT2D eigenvalue weighted by molar-refractivity contribution is 0.0692. The lowest BCUT2D eigenvalue weighted by atomic mass is 10.1. The molecule has 100 valence electrons. The van der Waals surface area contributed by atoms with Crippen LogP contribution in [0.3, 0.4) is 0 Å². The molecule has 1 rings (SSSR count). The van der Waals surface area contributed by atoms with Crippen LogP contribution < -0.4 is 10.1 Å². The molecule has 0 bridgehead atoms. The Labute approximate surface area is 108 Å². The molecule has 4 nitrogen and oxygen atoms in total. The van der Waals surface area contributed by atoms with Crippen LogP contribution in [-0.2, 0) is 0 Å². The van der Waals surface area contributed by atoms with Gasteiger partial charge in [0.25, 0.3) is 0 Å². The summed E-state index contributed by atoms with van der Waals surface area (Å²) in [5.74, 6) is 0.116. The molecular formula is C14H21NO3. The third kappa shape index (κ3) is 4.75. The van der Waals surface area contributed by atoms with Gasteiger partial charge in [0.2, 0.25) is 0 Å². The van der Waals surface area contributed by atoms with Crippen LogP contribution in [0.1, 0.15) is 30.6 Å². The Morgan fingerprint density at radius 2 is 2.17 bits per heavy atom. The number of nitrogens with one attached hydrogen (secondary N) is 1. The van der Waals surface area contributed by atoms with Crippen LogP contribution in [0, 0.1) is 5.92 Å². The largest absolute Gasteiger partial charge is 0.491 e. The van der Waals surface area contributed by atoms with Crippen LogP contribution in [0.25, 0.3) is 0 Å². The van der Waals surface area contributed by atoms with Gasteiger partial charge in [0.1, 0.15) is 17.9 Å². The van der Waals surface area contributed by atoms with Crippen LogP contribution >= 0.6 is 0 Å². The van der Waals surface area contributed by atoms with Gasteiger partial charge in [-0.15, -0.1) is 0 Å². The maximum atomic E-state index is 10.9. The highest BCUT2D eigenvalue weighted by Gasteiger charge is 2.09. The van der Waals surface area contributed by atoms with Gasteiger partial charge in [0, 0.05) is 6.54 Å². The van der Waals surface area contributed by atoms with Gasteiger partial charge >= 0.3 is 5.97 Å².